The van der Waals surface area contributed by atoms with Crippen LogP contribution in [0, 0.1) is 6.92 Å². The molecule has 0 fully saturated rings. The number of carbonyl (C=O) groups is 1. The SMILES string of the molecule is Cc1c(C(=O)NCc2nn[nH]n2)cnc2ncnn12. The number of nitrogens with zero attached hydrogens (tertiary/aromatic N) is 7. The van der Waals surface area contributed by atoms with E-state index in [9.17, 15) is 4.79 Å². The predicted octanol–water partition coefficient (Wildman–Crippen LogP) is -1.12. The van der Waals surface area contributed by atoms with E-state index in [1.54, 1.807) is 6.92 Å². The van der Waals surface area contributed by atoms with Gasteiger partial charge in [-0.15, -0.1) is 10.2 Å². The van der Waals surface area contributed by atoms with E-state index in [-0.39, 0.29) is 12.5 Å². The van der Waals surface area contributed by atoms with Crippen molar-refractivity contribution in [3.8, 4) is 0 Å². The van der Waals surface area contributed by atoms with E-state index in [1.807, 2.05) is 0 Å². The van der Waals surface area contributed by atoms with Crippen LogP contribution in [0.5, 0.6) is 0 Å². The number of carbonyl (C=O) groups excluding carboxylic acids is 1. The molecule has 3 aromatic heterocycles. The second-order valence-corrected chi connectivity index (χ2v) is 3.74. The summed E-state index contributed by atoms with van der Waals surface area (Å²) in [6.45, 7) is 1.96. The molecule has 1 amide bonds. The molecule has 0 aliphatic rings. The van der Waals surface area contributed by atoms with Crippen molar-refractivity contribution in [1.29, 1.82) is 0 Å². The van der Waals surface area contributed by atoms with Gasteiger partial charge in [0.1, 0.15) is 6.33 Å². The first kappa shape index (κ1) is 11.2. The summed E-state index contributed by atoms with van der Waals surface area (Å²) in [4.78, 5) is 20.0. The number of fused-ring (bicyclic) bond motifs is 1. The Morgan fingerprint density at radius 2 is 2.37 bits per heavy atom. The van der Waals surface area contributed by atoms with Gasteiger partial charge in [0.05, 0.1) is 17.8 Å². The Bertz CT molecular complexity index is 716. The van der Waals surface area contributed by atoms with Crippen molar-refractivity contribution >= 4 is 11.7 Å². The van der Waals surface area contributed by atoms with Crippen LogP contribution >= 0.6 is 0 Å². The van der Waals surface area contributed by atoms with Crippen molar-refractivity contribution in [2.75, 3.05) is 0 Å². The fraction of sp³-hybridized carbons (Fsp3) is 0.222. The number of hydrogen-bond donors (Lipinski definition) is 2. The maximum absolute atomic E-state index is 12.0. The summed E-state index contributed by atoms with van der Waals surface area (Å²) < 4.78 is 1.50. The van der Waals surface area contributed by atoms with Crippen molar-refractivity contribution in [1.82, 2.24) is 45.5 Å². The smallest absolute Gasteiger partial charge is 0.255 e. The molecule has 3 heterocycles. The van der Waals surface area contributed by atoms with Crippen LogP contribution in [0.3, 0.4) is 0 Å². The first-order chi connectivity index (χ1) is 9.25. The second kappa shape index (κ2) is 4.40. The van der Waals surface area contributed by atoms with Gasteiger partial charge in [-0.05, 0) is 6.92 Å². The Kier molecular flexibility index (Phi) is 2.59. The van der Waals surface area contributed by atoms with Gasteiger partial charge >= 0.3 is 0 Å². The zero-order valence-electron chi connectivity index (χ0n) is 9.90. The number of aromatic nitrogens is 8. The number of tetrazole rings is 1. The fourth-order valence-electron chi connectivity index (χ4n) is 1.62. The minimum absolute atomic E-state index is 0.185. The molecule has 0 aromatic carbocycles. The molecule has 2 N–H and O–H groups in total. The van der Waals surface area contributed by atoms with Crippen LogP contribution in [0.25, 0.3) is 5.78 Å². The van der Waals surface area contributed by atoms with E-state index in [2.05, 4.69) is 41.0 Å². The van der Waals surface area contributed by atoms with E-state index in [0.29, 0.717) is 22.9 Å². The third-order valence-electron chi connectivity index (χ3n) is 2.59. The van der Waals surface area contributed by atoms with E-state index >= 15 is 0 Å². The number of nitrogens with one attached hydrogen (secondary N) is 2. The molecule has 19 heavy (non-hydrogen) atoms. The Labute approximate surface area is 106 Å². The molecule has 0 spiro atoms. The lowest BCUT2D eigenvalue weighted by atomic mass is 10.2. The van der Waals surface area contributed by atoms with Crippen molar-refractivity contribution in [3.05, 3.63) is 29.6 Å². The van der Waals surface area contributed by atoms with Crippen LogP contribution < -0.4 is 5.32 Å². The van der Waals surface area contributed by atoms with E-state index < -0.39 is 0 Å². The molecule has 10 nitrogen and oxygen atoms in total. The fourth-order valence-corrected chi connectivity index (χ4v) is 1.62. The first-order valence-electron chi connectivity index (χ1n) is 5.41. The van der Waals surface area contributed by atoms with Crippen LogP contribution in [0.2, 0.25) is 0 Å². The number of hydrogen-bond acceptors (Lipinski definition) is 7. The van der Waals surface area contributed by atoms with Crippen LogP contribution in [0.1, 0.15) is 21.9 Å². The maximum atomic E-state index is 12.0. The minimum atomic E-state index is -0.285. The molecule has 0 saturated carbocycles. The maximum Gasteiger partial charge on any atom is 0.255 e. The van der Waals surface area contributed by atoms with Crippen molar-refractivity contribution in [2.45, 2.75) is 13.5 Å². The average Bonchev–Trinajstić information content (AvgIpc) is 3.07. The second-order valence-electron chi connectivity index (χ2n) is 3.74. The highest BCUT2D eigenvalue weighted by Crippen LogP contribution is 2.07. The molecule has 3 rings (SSSR count). The lowest BCUT2D eigenvalue weighted by Gasteiger charge is -2.06. The average molecular weight is 259 g/mol. The molecule has 96 valence electrons. The Hall–Kier alpha value is -2.91. The summed E-state index contributed by atoms with van der Waals surface area (Å²) in [6.07, 6.45) is 2.85. The van der Waals surface area contributed by atoms with Crippen LogP contribution in [-0.2, 0) is 6.54 Å². The van der Waals surface area contributed by atoms with E-state index in [0.717, 1.165) is 0 Å². The third-order valence-corrected chi connectivity index (χ3v) is 2.59. The van der Waals surface area contributed by atoms with E-state index in [4.69, 9.17) is 0 Å². The van der Waals surface area contributed by atoms with Gasteiger partial charge in [0.25, 0.3) is 11.7 Å². The highest BCUT2D eigenvalue weighted by molar-refractivity contribution is 5.95. The Morgan fingerprint density at radius 3 is 3.16 bits per heavy atom. The Balaban J connectivity index is 1.83. The molecule has 0 saturated heterocycles. The normalized spacial score (nSPS) is 10.8. The summed E-state index contributed by atoms with van der Waals surface area (Å²) in [7, 11) is 0. The summed E-state index contributed by atoms with van der Waals surface area (Å²) in [5.74, 6) is 0.570. The number of H-pyrrole nitrogens is 1. The summed E-state index contributed by atoms with van der Waals surface area (Å²) in [6, 6.07) is 0. The quantitative estimate of drug-likeness (QED) is 0.609. The molecule has 0 aliphatic carbocycles. The molecule has 0 radical (unpaired) electrons. The van der Waals surface area contributed by atoms with Gasteiger partial charge in [-0.3, -0.25) is 4.79 Å². The van der Waals surface area contributed by atoms with Gasteiger partial charge in [-0.25, -0.2) is 9.50 Å². The molecular weight excluding hydrogens is 250 g/mol. The van der Waals surface area contributed by atoms with Crippen molar-refractivity contribution in [2.24, 2.45) is 0 Å². The first-order valence-corrected chi connectivity index (χ1v) is 5.41. The minimum Gasteiger partial charge on any atom is -0.344 e. The van der Waals surface area contributed by atoms with Crippen LogP contribution in [0.15, 0.2) is 12.5 Å². The molecule has 10 heteroatoms. The largest absolute Gasteiger partial charge is 0.344 e. The molecule has 3 aromatic rings. The van der Waals surface area contributed by atoms with Gasteiger partial charge < -0.3 is 5.32 Å². The van der Waals surface area contributed by atoms with Crippen LogP contribution in [0.4, 0.5) is 0 Å². The third kappa shape index (κ3) is 1.99. The number of amides is 1. The van der Waals surface area contributed by atoms with Gasteiger partial charge in [0.2, 0.25) is 0 Å². The van der Waals surface area contributed by atoms with Gasteiger partial charge in [0, 0.05) is 6.20 Å². The van der Waals surface area contributed by atoms with Gasteiger partial charge in [0.15, 0.2) is 5.82 Å². The zero-order valence-corrected chi connectivity index (χ0v) is 9.90. The lowest BCUT2D eigenvalue weighted by molar-refractivity contribution is 0.0948. The highest BCUT2D eigenvalue weighted by atomic mass is 16.1. The van der Waals surface area contributed by atoms with Gasteiger partial charge in [-0.2, -0.15) is 15.3 Å². The molecule has 0 atom stereocenters. The molecule has 0 unspecified atom stereocenters. The molecule has 0 aliphatic heterocycles. The van der Waals surface area contributed by atoms with E-state index in [1.165, 1.54) is 17.0 Å². The standard InChI is InChI=1S/C9H9N9O/c1-5-6(2-11-9-12-4-13-18(5)9)8(19)10-3-7-14-16-17-15-7/h2,4H,3H2,1H3,(H,10,19)(H,14,15,16,17). The topological polar surface area (TPSA) is 127 Å². The summed E-state index contributed by atoms with van der Waals surface area (Å²) in [5.41, 5.74) is 1.08. The number of aromatic amines is 1. The lowest BCUT2D eigenvalue weighted by Crippen LogP contribution is -2.25. The van der Waals surface area contributed by atoms with Crippen LogP contribution in [-0.4, -0.2) is 46.1 Å². The van der Waals surface area contributed by atoms with Crippen molar-refractivity contribution < 1.29 is 4.79 Å². The number of rotatable bonds is 3. The monoisotopic (exact) mass is 259 g/mol. The predicted molar refractivity (Wildman–Crippen MR) is 60.9 cm³/mol. The number of aryl methyl sites for hydroxylation is 1. The zero-order chi connectivity index (χ0) is 13.2. The molecule has 0 bridgehead atoms. The molecular formula is C9H9N9O. The van der Waals surface area contributed by atoms with Crippen molar-refractivity contribution in [3.63, 3.8) is 0 Å². The van der Waals surface area contributed by atoms with Gasteiger partial charge in [-0.1, -0.05) is 5.21 Å². The summed E-state index contributed by atoms with van der Waals surface area (Å²) in [5, 5.41) is 19.9. The highest BCUT2D eigenvalue weighted by Gasteiger charge is 2.13. The Morgan fingerprint density at radius 1 is 1.47 bits per heavy atom. The summed E-state index contributed by atoms with van der Waals surface area (Å²) >= 11 is 0.